The number of aromatic nitrogens is 1. The summed E-state index contributed by atoms with van der Waals surface area (Å²) in [6.45, 7) is 2.74. The molecule has 0 spiro atoms. The molecule has 2 heterocycles. The quantitative estimate of drug-likeness (QED) is 0.723. The molecule has 1 aliphatic heterocycles. The number of thiazole rings is 1. The lowest BCUT2D eigenvalue weighted by molar-refractivity contribution is -0.125. The number of hydrogen-bond donors (Lipinski definition) is 1. The molecule has 0 unspecified atom stereocenters. The topological polar surface area (TPSA) is 69.7 Å². The molecule has 1 N–H and O–H groups in total. The predicted molar refractivity (Wildman–Crippen MR) is 104 cm³/mol. The maximum atomic E-state index is 12.5. The van der Waals surface area contributed by atoms with Crippen molar-refractivity contribution in [2.45, 2.75) is 13.0 Å². The molecule has 138 valence electrons. The lowest BCUT2D eigenvalue weighted by Gasteiger charge is -2.25. The molecule has 1 aromatic heterocycles. The van der Waals surface area contributed by atoms with Crippen molar-refractivity contribution in [1.82, 2.24) is 4.98 Å². The van der Waals surface area contributed by atoms with Crippen LogP contribution in [0, 0.1) is 0 Å². The molecule has 27 heavy (non-hydrogen) atoms. The second-order valence-corrected chi connectivity index (χ2v) is 6.71. The molecule has 0 aliphatic carbocycles. The third kappa shape index (κ3) is 3.88. The molecule has 0 bridgehead atoms. The molecule has 6 nitrogen and oxygen atoms in total. The third-order valence-corrected chi connectivity index (χ3v) is 4.75. The second kappa shape index (κ2) is 7.67. The van der Waals surface area contributed by atoms with Crippen LogP contribution in [0.2, 0.25) is 0 Å². The van der Waals surface area contributed by atoms with E-state index in [1.54, 1.807) is 6.07 Å². The van der Waals surface area contributed by atoms with E-state index in [1.165, 1.54) is 11.3 Å². The minimum atomic E-state index is -0.710. The lowest BCUT2D eigenvalue weighted by Crippen LogP contribution is -2.40. The average Bonchev–Trinajstić information content (AvgIpc) is 3.17. The van der Waals surface area contributed by atoms with E-state index in [0.717, 1.165) is 17.0 Å². The van der Waals surface area contributed by atoms with E-state index in [1.807, 2.05) is 54.8 Å². The van der Waals surface area contributed by atoms with Gasteiger partial charge in [-0.05, 0) is 43.3 Å². The Bertz CT molecular complexity index is 939. The molecule has 0 radical (unpaired) electrons. The van der Waals surface area contributed by atoms with Crippen LogP contribution in [0.4, 0.5) is 5.13 Å². The first-order chi connectivity index (χ1) is 13.2. The summed E-state index contributed by atoms with van der Waals surface area (Å²) in [5.74, 6) is 1.75. The highest BCUT2D eigenvalue weighted by Crippen LogP contribution is 2.31. The van der Waals surface area contributed by atoms with E-state index in [-0.39, 0.29) is 12.5 Å². The summed E-state index contributed by atoms with van der Waals surface area (Å²) in [4.78, 5) is 17.0. The van der Waals surface area contributed by atoms with Gasteiger partial charge in [-0.3, -0.25) is 10.1 Å². The maximum Gasteiger partial charge on any atom is 0.270 e. The highest BCUT2D eigenvalue weighted by Gasteiger charge is 2.27. The molecular formula is C20H18N2O4S. The fourth-order valence-electron chi connectivity index (χ4n) is 2.69. The Balaban J connectivity index is 1.41. The van der Waals surface area contributed by atoms with Crippen LogP contribution in [0.25, 0.3) is 11.3 Å². The Morgan fingerprint density at radius 2 is 2.00 bits per heavy atom. The minimum absolute atomic E-state index is 0.167. The third-order valence-electron chi connectivity index (χ3n) is 4.00. The molecule has 3 aromatic rings. The first kappa shape index (κ1) is 17.4. The van der Waals surface area contributed by atoms with E-state index in [9.17, 15) is 4.79 Å². The van der Waals surface area contributed by atoms with Crippen LogP contribution in [0.15, 0.2) is 53.9 Å². The highest BCUT2D eigenvalue weighted by molar-refractivity contribution is 7.14. The van der Waals surface area contributed by atoms with E-state index < -0.39 is 6.10 Å². The fourth-order valence-corrected chi connectivity index (χ4v) is 3.41. The van der Waals surface area contributed by atoms with Gasteiger partial charge in [0.1, 0.15) is 12.4 Å². The summed E-state index contributed by atoms with van der Waals surface area (Å²) in [6, 6.07) is 15.0. The first-order valence-electron chi connectivity index (χ1n) is 8.61. The van der Waals surface area contributed by atoms with Crippen LogP contribution < -0.4 is 19.5 Å². The van der Waals surface area contributed by atoms with E-state index in [0.29, 0.717) is 23.2 Å². The van der Waals surface area contributed by atoms with Gasteiger partial charge in [0.15, 0.2) is 16.6 Å². The standard InChI is InChI=1S/C20H18N2O4S/c1-2-24-14-9-7-13(8-10-14)15-12-27-20(21-15)22-19(23)18-11-25-16-5-3-4-6-17(16)26-18/h3-10,12,18H,2,11H2,1H3,(H,21,22,23)/t18-/m0/s1. The largest absolute Gasteiger partial charge is 0.494 e. The van der Waals surface area contributed by atoms with Gasteiger partial charge in [-0.15, -0.1) is 11.3 Å². The van der Waals surface area contributed by atoms with Crippen LogP contribution in [0.3, 0.4) is 0 Å². The Morgan fingerprint density at radius 3 is 2.78 bits per heavy atom. The Kier molecular flexibility index (Phi) is 4.93. The molecule has 0 saturated carbocycles. The van der Waals surface area contributed by atoms with Crippen molar-refractivity contribution < 1.29 is 19.0 Å². The second-order valence-electron chi connectivity index (χ2n) is 5.85. The van der Waals surface area contributed by atoms with E-state index in [2.05, 4.69) is 10.3 Å². The zero-order valence-corrected chi connectivity index (χ0v) is 15.5. The monoisotopic (exact) mass is 382 g/mol. The summed E-state index contributed by atoms with van der Waals surface area (Å²) in [6.07, 6.45) is -0.710. The van der Waals surface area contributed by atoms with Gasteiger partial charge in [-0.1, -0.05) is 12.1 Å². The van der Waals surface area contributed by atoms with Crippen molar-refractivity contribution >= 4 is 22.4 Å². The Hall–Kier alpha value is -3.06. The normalized spacial score (nSPS) is 15.2. The number of fused-ring (bicyclic) bond motifs is 1. The number of rotatable bonds is 5. The maximum absolute atomic E-state index is 12.5. The van der Waals surface area contributed by atoms with Crippen molar-refractivity contribution in [3.63, 3.8) is 0 Å². The van der Waals surface area contributed by atoms with Gasteiger partial charge in [-0.25, -0.2) is 4.98 Å². The van der Waals surface area contributed by atoms with Crippen LogP contribution in [-0.2, 0) is 4.79 Å². The molecule has 1 amide bonds. The summed E-state index contributed by atoms with van der Waals surface area (Å²) in [5, 5.41) is 5.22. The molecule has 7 heteroatoms. The van der Waals surface area contributed by atoms with Crippen LogP contribution >= 0.6 is 11.3 Å². The zero-order valence-electron chi connectivity index (χ0n) is 14.7. The zero-order chi connectivity index (χ0) is 18.6. The van der Waals surface area contributed by atoms with Gasteiger partial charge in [0.05, 0.1) is 12.3 Å². The van der Waals surface area contributed by atoms with Gasteiger partial charge >= 0.3 is 0 Å². The number of ether oxygens (including phenoxy) is 3. The molecule has 4 rings (SSSR count). The van der Waals surface area contributed by atoms with Crippen molar-refractivity contribution in [2.24, 2.45) is 0 Å². The van der Waals surface area contributed by atoms with Gasteiger partial charge in [0.2, 0.25) is 6.10 Å². The molecule has 0 fully saturated rings. The number of para-hydroxylation sites is 2. The minimum Gasteiger partial charge on any atom is -0.494 e. The van der Waals surface area contributed by atoms with Gasteiger partial charge in [0.25, 0.3) is 5.91 Å². The van der Waals surface area contributed by atoms with Gasteiger partial charge in [0, 0.05) is 10.9 Å². The number of amides is 1. The van der Waals surface area contributed by atoms with Crippen molar-refractivity contribution in [3.05, 3.63) is 53.9 Å². The van der Waals surface area contributed by atoms with E-state index >= 15 is 0 Å². The van der Waals surface area contributed by atoms with Crippen LogP contribution in [0.1, 0.15) is 6.92 Å². The molecule has 1 aliphatic rings. The summed E-state index contributed by atoms with van der Waals surface area (Å²) in [5.41, 5.74) is 1.76. The lowest BCUT2D eigenvalue weighted by atomic mass is 10.2. The average molecular weight is 382 g/mol. The number of nitrogens with one attached hydrogen (secondary N) is 1. The van der Waals surface area contributed by atoms with Crippen LogP contribution in [-0.4, -0.2) is 30.2 Å². The highest BCUT2D eigenvalue weighted by atomic mass is 32.1. The molecule has 2 aromatic carbocycles. The van der Waals surface area contributed by atoms with E-state index in [4.69, 9.17) is 14.2 Å². The number of carbonyl (C=O) groups is 1. The number of carbonyl (C=O) groups excluding carboxylic acids is 1. The number of benzene rings is 2. The van der Waals surface area contributed by atoms with Crippen molar-refractivity contribution in [3.8, 4) is 28.5 Å². The van der Waals surface area contributed by atoms with Gasteiger partial charge in [-0.2, -0.15) is 0 Å². The van der Waals surface area contributed by atoms with Crippen molar-refractivity contribution in [2.75, 3.05) is 18.5 Å². The SMILES string of the molecule is CCOc1ccc(-c2csc(NC(=O)[C@@H]3COc4ccccc4O3)n2)cc1. The summed E-state index contributed by atoms with van der Waals surface area (Å²) in [7, 11) is 0. The number of hydrogen-bond acceptors (Lipinski definition) is 6. The van der Waals surface area contributed by atoms with Crippen LogP contribution in [0.5, 0.6) is 17.2 Å². The smallest absolute Gasteiger partial charge is 0.270 e. The fraction of sp³-hybridized carbons (Fsp3) is 0.200. The molecule has 0 saturated heterocycles. The molecule has 1 atom stereocenters. The van der Waals surface area contributed by atoms with Crippen molar-refractivity contribution in [1.29, 1.82) is 0 Å². The summed E-state index contributed by atoms with van der Waals surface area (Å²) >= 11 is 1.37. The number of anilines is 1. The predicted octanol–water partition coefficient (Wildman–Crippen LogP) is 3.99. The Labute approximate surface area is 160 Å². The first-order valence-corrected chi connectivity index (χ1v) is 9.49. The Morgan fingerprint density at radius 1 is 1.22 bits per heavy atom. The summed E-state index contributed by atoms with van der Waals surface area (Å²) < 4.78 is 16.8. The number of nitrogens with zero attached hydrogens (tertiary/aromatic N) is 1. The van der Waals surface area contributed by atoms with Gasteiger partial charge < -0.3 is 14.2 Å². The molecular weight excluding hydrogens is 364 g/mol.